The van der Waals surface area contributed by atoms with E-state index in [1.165, 1.54) is 0 Å². The van der Waals surface area contributed by atoms with Crippen LogP contribution in [-0.2, 0) is 4.79 Å². The zero-order chi connectivity index (χ0) is 16.2. The number of nitrogens with zero attached hydrogens (tertiary/aromatic N) is 3. The van der Waals surface area contributed by atoms with E-state index in [0.29, 0.717) is 11.6 Å². The fraction of sp³-hybridized carbons (Fsp3) is 0.167. The Balaban J connectivity index is 2.15. The van der Waals surface area contributed by atoms with Gasteiger partial charge in [-0.2, -0.15) is 5.26 Å². The standard InChI is InChI=1S/C18H14ClN3O/c19-14-7-8-16-15(11-14)18(13-5-2-1-3-6-13)21-12-17(23)22(16)10-4-9-20/h1-3,5-8,11H,4,10,12H2. The lowest BCUT2D eigenvalue weighted by Crippen LogP contribution is -2.33. The minimum Gasteiger partial charge on any atom is -0.309 e. The van der Waals surface area contributed by atoms with E-state index in [-0.39, 0.29) is 18.9 Å². The second kappa shape index (κ2) is 6.64. The Hall–Kier alpha value is -2.64. The molecule has 0 saturated carbocycles. The number of carbonyl (C=O) groups excluding carboxylic acids is 1. The summed E-state index contributed by atoms with van der Waals surface area (Å²) in [6.45, 7) is 0.406. The Morgan fingerprint density at radius 1 is 1.22 bits per heavy atom. The molecule has 0 fully saturated rings. The van der Waals surface area contributed by atoms with Crippen LogP contribution in [0.1, 0.15) is 17.5 Å². The largest absolute Gasteiger partial charge is 0.309 e. The number of hydrogen-bond donors (Lipinski definition) is 0. The summed E-state index contributed by atoms with van der Waals surface area (Å²) in [6.07, 6.45) is 0.272. The van der Waals surface area contributed by atoms with Crippen LogP contribution < -0.4 is 4.90 Å². The highest BCUT2D eigenvalue weighted by Gasteiger charge is 2.24. The van der Waals surface area contributed by atoms with Crippen LogP contribution in [0, 0.1) is 11.3 Å². The second-order valence-corrected chi connectivity index (χ2v) is 5.58. The number of benzene rings is 2. The molecule has 3 rings (SSSR count). The van der Waals surface area contributed by atoms with Gasteiger partial charge in [0.1, 0.15) is 6.54 Å². The molecule has 0 aromatic heterocycles. The molecule has 1 amide bonds. The number of aliphatic imine (C=N–C) groups is 1. The van der Waals surface area contributed by atoms with Crippen LogP contribution in [0.2, 0.25) is 5.02 Å². The summed E-state index contributed by atoms with van der Waals surface area (Å²) < 4.78 is 0. The molecule has 2 aromatic rings. The molecule has 1 aliphatic rings. The summed E-state index contributed by atoms with van der Waals surface area (Å²) in [5, 5.41) is 9.42. The molecule has 0 bridgehead atoms. The number of benzodiazepines with no additional fused rings is 1. The van der Waals surface area contributed by atoms with Crippen LogP contribution in [0.5, 0.6) is 0 Å². The minimum absolute atomic E-state index is 0.0575. The Labute approximate surface area is 139 Å². The number of carbonyl (C=O) groups is 1. The molecule has 0 spiro atoms. The van der Waals surface area contributed by atoms with E-state index in [2.05, 4.69) is 11.1 Å². The van der Waals surface area contributed by atoms with Crippen LogP contribution >= 0.6 is 11.6 Å². The molecule has 1 heterocycles. The maximum absolute atomic E-state index is 12.4. The van der Waals surface area contributed by atoms with Crippen molar-refractivity contribution in [3.8, 4) is 6.07 Å². The predicted octanol–water partition coefficient (Wildman–Crippen LogP) is 3.44. The third-order valence-electron chi connectivity index (χ3n) is 3.67. The lowest BCUT2D eigenvalue weighted by atomic mass is 10.00. The maximum atomic E-state index is 12.4. The number of hydrogen-bond acceptors (Lipinski definition) is 3. The summed E-state index contributed by atoms with van der Waals surface area (Å²) in [6, 6.07) is 17.2. The Morgan fingerprint density at radius 2 is 2.00 bits per heavy atom. The monoisotopic (exact) mass is 323 g/mol. The van der Waals surface area contributed by atoms with Gasteiger partial charge >= 0.3 is 0 Å². The Bertz CT molecular complexity index is 809. The quantitative estimate of drug-likeness (QED) is 0.868. The topological polar surface area (TPSA) is 56.5 Å². The molecule has 1 aliphatic heterocycles. The highest BCUT2D eigenvalue weighted by atomic mass is 35.5. The van der Waals surface area contributed by atoms with E-state index in [0.717, 1.165) is 22.5 Å². The van der Waals surface area contributed by atoms with Gasteiger partial charge in [-0.3, -0.25) is 9.79 Å². The van der Waals surface area contributed by atoms with E-state index >= 15 is 0 Å². The molecule has 0 unspecified atom stereocenters. The van der Waals surface area contributed by atoms with Gasteiger partial charge in [-0.15, -0.1) is 0 Å². The first-order valence-corrected chi connectivity index (χ1v) is 7.65. The lowest BCUT2D eigenvalue weighted by Gasteiger charge is -2.22. The first-order valence-electron chi connectivity index (χ1n) is 7.28. The van der Waals surface area contributed by atoms with Gasteiger partial charge in [0, 0.05) is 22.7 Å². The van der Waals surface area contributed by atoms with Crippen LogP contribution in [0.3, 0.4) is 0 Å². The molecular weight excluding hydrogens is 310 g/mol. The molecule has 0 atom stereocenters. The van der Waals surface area contributed by atoms with Gasteiger partial charge in [-0.25, -0.2) is 0 Å². The second-order valence-electron chi connectivity index (χ2n) is 5.15. The van der Waals surface area contributed by atoms with Gasteiger partial charge in [0.2, 0.25) is 5.91 Å². The van der Waals surface area contributed by atoms with Gasteiger partial charge < -0.3 is 4.90 Å². The summed E-state index contributed by atoms with van der Waals surface area (Å²) in [5.74, 6) is -0.116. The van der Waals surface area contributed by atoms with Crippen molar-refractivity contribution in [3.05, 3.63) is 64.7 Å². The fourth-order valence-electron chi connectivity index (χ4n) is 2.63. The Kier molecular flexibility index (Phi) is 4.40. The van der Waals surface area contributed by atoms with E-state index in [1.54, 1.807) is 11.0 Å². The number of amides is 1. The van der Waals surface area contributed by atoms with Gasteiger partial charge in [0.25, 0.3) is 0 Å². The number of nitriles is 1. The van der Waals surface area contributed by atoms with Crippen molar-refractivity contribution in [2.45, 2.75) is 6.42 Å². The third-order valence-corrected chi connectivity index (χ3v) is 3.91. The Morgan fingerprint density at radius 3 is 2.74 bits per heavy atom. The molecule has 0 N–H and O–H groups in total. The zero-order valence-electron chi connectivity index (χ0n) is 12.4. The van der Waals surface area contributed by atoms with Crippen LogP contribution in [-0.4, -0.2) is 24.7 Å². The zero-order valence-corrected chi connectivity index (χ0v) is 13.1. The first-order chi connectivity index (χ1) is 11.2. The third kappa shape index (κ3) is 3.10. The van der Waals surface area contributed by atoms with E-state index in [4.69, 9.17) is 16.9 Å². The summed E-state index contributed by atoms with van der Waals surface area (Å²) >= 11 is 6.16. The minimum atomic E-state index is -0.116. The average molecular weight is 324 g/mol. The molecule has 0 aliphatic carbocycles. The van der Waals surface area contributed by atoms with Crippen LogP contribution in [0.15, 0.2) is 53.5 Å². The summed E-state index contributed by atoms with van der Waals surface area (Å²) in [4.78, 5) is 18.5. The molecule has 5 heteroatoms. The van der Waals surface area contributed by atoms with Crippen molar-refractivity contribution in [3.63, 3.8) is 0 Å². The van der Waals surface area contributed by atoms with Gasteiger partial charge in [0.05, 0.1) is 23.9 Å². The summed E-state index contributed by atoms with van der Waals surface area (Å²) in [5.41, 5.74) is 3.24. The molecule has 2 aromatic carbocycles. The highest BCUT2D eigenvalue weighted by Crippen LogP contribution is 2.29. The van der Waals surface area contributed by atoms with E-state index in [9.17, 15) is 4.79 Å². The number of halogens is 1. The van der Waals surface area contributed by atoms with E-state index < -0.39 is 0 Å². The van der Waals surface area contributed by atoms with Gasteiger partial charge in [0.15, 0.2) is 0 Å². The highest BCUT2D eigenvalue weighted by molar-refractivity contribution is 6.32. The van der Waals surface area contributed by atoms with Crippen molar-refractivity contribution in [2.24, 2.45) is 4.99 Å². The SMILES string of the molecule is N#CCCN1C(=O)CN=C(c2ccccc2)c2cc(Cl)ccc21. The number of rotatable bonds is 3. The van der Waals surface area contributed by atoms with Gasteiger partial charge in [-0.05, 0) is 18.2 Å². The number of fused-ring (bicyclic) bond motifs is 1. The average Bonchev–Trinajstić information content (AvgIpc) is 2.70. The molecule has 0 saturated heterocycles. The molecule has 23 heavy (non-hydrogen) atoms. The van der Waals surface area contributed by atoms with Crippen molar-refractivity contribution < 1.29 is 4.79 Å². The molecule has 4 nitrogen and oxygen atoms in total. The normalized spacial score (nSPS) is 13.8. The van der Waals surface area contributed by atoms with Crippen molar-refractivity contribution in [2.75, 3.05) is 18.0 Å². The molecule has 114 valence electrons. The number of anilines is 1. The summed E-state index contributed by atoms with van der Waals surface area (Å²) in [7, 11) is 0. The smallest absolute Gasteiger partial charge is 0.248 e. The molecular formula is C18H14ClN3O. The predicted molar refractivity (Wildman–Crippen MR) is 91.0 cm³/mol. The van der Waals surface area contributed by atoms with Crippen LogP contribution in [0.25, 0.3) is 0 Å². The van der Waals surface area contributed by atoms with Crippen LogP contribution in [0.4, 0.5) is 5.69 Å². The van der Waals surface area contributed by atoms with Crippen molar-refractivity contribution in [1.29, 1.82) is 5.26 Å². The van der Waals surface area contributed by atoms with Crippen molar-refractivity contribution in [1.82, 2.24) is 0 Å². The lowest BCUT2D eigenvalue weighted by molar-refractivity contribution is -0.117. The van der Waals surface area contributed by atoms with E-state index in [1.807, 2.05) is 42.5 Å². The fourth-order valence-corrected chi connectivity index (χ4v) is 2.81. The molecule has 0 radical (unpaired) electrons. The van der Waals surface area contributed by atoms with Gasteiger partial charge in [-0.1, -0.05) is 41.9 Å². The van der Waals surface area contributed by atoms with Crippen molar-refractivity contribution >= 4 is 28.9 Å². The maximum Gasteiger partial charge on any atom is 0.248 e. The first kappa shape index (κ1) is 15.3.